The number of rotatable bonds is 2. The first kappa shape index (κ1) is 6.73. The highest BCUT2D eigenvalue weighted by Crippen LogP contribution is 2.40. The lowest BCUT2D eigenvalue weighted by atomic mass is 10.1. The van der Waals surface area contributed by atoms with Crippen LogP contribution in [-0.4, -0.2) is 5.11 Å². The average Bonchev–Trinajstić information content (AvgIpc) is 2.74. The highest BCUT2D eigenvalue weighted by Gasteiger charge is 2.31. The average molecular weight is 153 g/mol. The summed E-state index contributed by atoms with van der Waals surface area (Å²) in [6, 6.07) is 1.57. The Balaban J connectivity index is 2.14. The Morgan fingerprint density at radius 2 is 2.36 bits per heavy atom. The molecule has 1 aliphatic rings. The second-order valence-electron chi connectivity index (χ2n) is 3.07. The smallest absolute Gasteiger partial charge is 0.154 e. The van der Waals surface area contributed by atoms with Crippen LogP contribution in [0.3, 0.4) is 0 Å². The molecule has 1 heterocycles. The second kappa shape index (κ2) is 2.27. The van der Waals surface area contributed by atoms with Gasteiger partial charge in [-0.05, 0) is 18.8 Å². The minimum absolute atomic E-state index is 0.0177. The first-order valence-electron chi connectivity index (χ1n) is 3.80. The maximum Gasteiger partial charge on any atom is 0.154 e. The van der Waals surface area contributed by atoms with E-state index < -0.39 is 0 Å². The molecule has 0 unspecified atom stereocenters. The van der Waals surface area contributed by atoms with Crippen molar-refractivity contribution in [1.82, 2.24) is 0 Å². The largest absolute Gasteiger partial charge is 0.505 e. The van der Waals surface area contributed by atoms with Crippen LogP contribution < -0.4 is 5.73 Å². The third-order valence-electron chi connectivity index (χ3n) is 2.06. The molecule has 1 atom stereocenters. The van der Waals surface area contributed by atoms with Crippen molar-refractivity contribution in [1.29, 1.82) is 0 Å². The molecular formula is C8H11NO2. The monoisotopic (exact) mass is 153 g/mol. The van der Waals surface area contributed by atoms with Gasteiger partial charge >= 0.3 is 0 Å². The quantitative estimate of drug-likeness (QED) is 0.675. The van der Waals surface area contributed by atoms with Crippen molar-refractivity contribution in [3.63, 3.8) is 0 Å². The van der Waals surface area contributed by atoms with Crippen molar-refractivity contribution < 1.29 is 9.52 Å². The van der Waals surface area contributed by atoms with Gasteiger partial charge in [-0.1, -0.05) is 0 Å². The van der Waals surface area contributed by atoms with E-state index in [1.165, 1.54) is 19.1 Å². The van der Waals surface area contributed by atoms with Crippen LogP contribution in [0.1, 0.15) is 24.6 Å². The summed E-state index contributed by atoms with van der Waals surface area (Å²) in [4.78, 5) is 0. The van der Waals surface area contributed by atoms with Crippen LogP contribution in [0.5, 0.6) is 5.75 Å². The summed E-state index contributed by atoms with van der Waals surface area (Å²) in [5.41, 5.74) is 5.81. The standard InChI is InChI=1S/C8H11NO2/c9-8(5-1-2-5)7-3-6(10)4-11-7/h3-5,8,10H,1-2,9H2/t8-/m0/s1. The van der Waals surface area contributed by atoms with E-state index in [2.05, 4.69) is 0 Å². The molecule has 3 nitrogen and oxygen atoms in total. The summed E-state index contributed by atoms with van der Waals surface area (Å²) in [5.74, 6) is 1.43. The van der Waals surface area contributed by atoms with Crippen LogP contribution in [-0.2, 0) is 0 Å². The van der Waals surface area contributed by atoms with E-state index in [9.17, 15) is 0 Å². The van der Waals surface area contributed by atoms with Crippen molar-refractivity contribution in [2.45, 2.75) is 18.9 Å². The highest BCUT2D eigenvalue weighted by atomic mass is 16.4. The van der Waals surface area contributed by atoms with Gasteiger partial charge in [0, 0.05) is 6.07 Å². The van der Waals surface area contributed by atoms with Gasteiger partial charge in [-0.3, -0.25) is 0 Å². The van der Waals surface area contributed by atoms with E-state index >= 15 is 0 Å². The Morgan fingerprint density at radius 1 is 1.64 bits per heavy atom. The fraction of sp³-hybridized carbons (Fsp3) is 0.500. The van der Waals surface area contributed by atoms with E-state index in [1.54, 1.807) is 6.07 Å². The summed E-state index contributed by atoms with van der Waals surface area (Å²) in [7, 11) is 0. The molecule has 0 bridgehead atoms. The molecule has 3 N–H and O–H groups in total. The van der Waals surface area contributed by atoms with Gasteiger partial charge in [-0.15, -0.1) is 0 Å². The fourth-order valence-corrected chi connectivity index (χ4v) is 1.20. The van der Waals surface area contributed by atoms with Crippen LogP contribution in [0, 0.1) is 5.92 Å². The maximum atomic E-state index is 8.95. The minimum atomic E-state index is -0.0177. The number of nitrogens with two attached hydrogens (primary N) is 1. The molecular weight excluding hydrogens is 142 g/mol. The molecule has 11 heavy (non-hydrogen) atoms. The summed E-state index contributed by atoms with van der Waals surface area (Å²) >= 11 is 0. The summed E-state index contributed by atoms with van der Waals surface area (Å²) in [5, 5.41) is 8.95. The molecule has 0 spiro atoms. The Kier molecular flexibility index (Phi) is 1.39. The molecule has 0 saturated heterocycles. The number of hydrogen-bond acceptors (Lipinski definition) is 3. The predicted octanol–water partition coefficient (Wildman–Crippen LogP) is 1.40. The second-order valence-corrected chi connectivity index (χ2v) is 3.07. The SMILES string of the molecule is N[C@H](c1cc(O)co1)C1CC1. The van der Waals surface area contributed by atoms with Crippen molar-refractivity contribution >= 4 is 0 Å². The first-order valence-corrected chi connectivity index (χ1v) is 3.80. The molecule has 60 valence electrons. The molecule has 0 aliphatic heterocycles. The van der Waals surface area contributed by atoms with Gasteiger partial charge in [-0.25, -0.2) is 0 Å². The van der Waals surface area contributed by atoms with Gasteiger partial charge in [0.05, 0.1) is 6.04 Å². The normalized spacial score (nSPS) is 20.1. The zero-order valence-corrected chi connectivity index (χ0v) is 6.16. The Labute approximate surface area is 64.8 Å². The number of hydrogen-bond donors (Lipinski definition) is 2. The summed E-state index contributed by atoms with van der Waals surface area (Å²) in [6.07, 6.45) is 3.68. The molecule has 0 aromatic carbocycles. The minimum Gasteiger partial charge on any atom is -0.505 e. The van der Waals surface area contributed by atoms with E-state index in [4.69, 9.17) is 15.3 Å². The zero-order chi connectivity index (χ0) is 7.84. The van der Waals surface area contributed by atoms with Crippen LogP contribution in [0.2, 0.25) is 0 Å². The molecule has 1 aromatic rings. The van der Waals surface area contributed by atoms with E-state index in [1.807, 2.05) is 0 Å². The molecule has 1 saturated carbocycles. The number of furan rings is 1. The zero-order valence-electron chi connectivity index (χ0n) is 6.16. The van der Waals surface area contributed by atoms with Gasteiger partial charge in [0.1, 0.15) is 12.0 Å². The molecule has 0 radical (unpaired) electrons. The van der Waals surface area contributed by atoms with Crippen molar-refractivity contribution in [2.75, 3.05) is 0 Å². The van der Waals surface area contributed by atoms with Crippen molar-refractivity contribution in [3.05, 3.63) is 18.1 Å². The fourth-order valence-electron chi connectivity index (χ4n) is 1.20. The molecule has 2 rings (SSSR count). The van der Waals surface area contributed by atoms with Gasteiger partial charge in [0.15, 0.2) is 5.75 Å². The van der Waals surface area contributed by atoms with Crippen LogP contribution in [0.4, 0.5) is 0 Å². The van der Waals surface area contributed by atoms with Gasteiger partial charge in [-0.2, -0.15) is 0 Å². The predicted molar refractivity (Wildman–Crippen MR) is 40.0 cm³/mol. The van der Waals surface area contributed by atoms with Gasteiger partial charge in [0.25, 0.3) is 0 Å². The van der Waals surface area contributed by atoms with Crippen LogP contribution >= 0.6 is 0 Å². The molecule has 1 aliphatic carbocycles. The molecule has 3 heteroatoms. The van der Waals surface area contributed by atoms with E-state index in [0.717, 1.165) is 0 Å². The Bertz CT molecular complexity index is 252. The Hall–Kier alpha value is -0.960. The first-order chi connectivity index (χ1) is 5.27. The maximum absolute atomic E-state index is 8.95. The lowest BCUT2D eigenvalue weighted by Gasteiger charge is -2.03. The third-order valence-corrected chi connectivity index (χ3v) is 2.06. The summed E-state index contributed by atoms with van der Waals surface area (Å²) in [6.45, 7) is 0. The summed E-state index contributed by atoms with van der Waals surface area (Å²) < 4.78 is 5.05. The topological polar surface area (TPSA) is 59.4 Å². The van der Waals surface area contributed by atoms with Gasteiger partial charge < -0.3 is 15.3 Å². The lowest BCUT2D eigenvalue weighted by molar-refractivity contribution is 0.428. The lowest BCUT2D eigenvalue weighted by Crippen LogP contribution is -2.10. The molecule has 0 amide bonds. The molecule has 1 aromatic heterocycles. The van der Waals surface area contributed by atoms with Crippen molar-refractivity contribution in [3.8, 4) is 5.75 Å². The Morgan fingerprint density at radius 3 is 2.82 bits per heavy atom. The third kappa shape index (κ3) is 1.24. The van der Waals surface area contributed by atoms with E-state index in [0.29, 0.717) is 11.7 Å². The van der Waals surface area contributed by atoms with Crippen molar-refractivity contribution in [2.24, 2.45) is 11.7 Å². The number of aromatic hydroxyl groups is 1. The van der Waals surface area contributed by atoms with Crippen LogP contribution in [0.25, 0.3) is 0 Å². The van der Waals surface area contributed by atoms with Crippen LogP contribution in [0.15, 0.2) is 16.7 Å². The van der Waals surface area contributed by atoms with Gasteiger partial charge in [0.2, 0.25) is 0 Å². The molecule has 1 fully saturated rings. The highest BCUT2D eigenvalue weighted by molar-refractivity contribution is 5.20. The van der Waals surface area contributed by atoms with E-state index in [-0.39, 0.29) is 11.8 Å².